The van der Waals surface area contributed by atoms with E-state index in [1.165, 1.54) is 0 Å². The Hall–Kier alpha value is 0.107. The van der Waals surface area contributed by atoms with Gasteiger partial charge in [-0.2, -0.15) is 0 Å². The third-order valence-electron chi connectivity index (χ3n) is 1.86. The molecule has 78 valence electrons. The van der Waals surface area contributed by atoms with Crippen molar-refractivity contribution in [2.75, 3.05) is 19.0 Å². The first-order chi connectivity index (χ1) is 6.38. The van der Waals surface area contributed by atoms with Crippen LogP contribution in [0.2, 0.25) is 0 Å². The molecule has 0 spiro atoms. The zero-order valence-electron chi connectivity index (χ0n) is 8.10. The van der Waals surface area contributed by atoms with Crippen LogP contribution in [0.1, 0.15) is 5.56 Å². The number of anilines is 1. The van der Waals surface area contributed by atoms with E-state index in [4.69, 9.17) is 33.2 Å². The summed E-state index contributed by atoms with van der Waals surface area (Å²) in [6, 6.07) is 6.10. The normalized spacial score (nSPS) is 11.5. The highest BCUT2D eigenvalue weighted by Crippen LogP contribution is 2.25. The predicted octanol–water partition coefficient (Wildman–Crippen LogP) is 3.49. The number of hydrogen-bond acceptors (Lipinski definition) is 1. The van der Waals surface area contributed by atoms with Crippen LogP contribution in [-0.2, 0) is 6.04 Å². The average molecular weight is 269 g/mol. The summed E-state index contributed by atoms with van der Waals surface area (Å²) in [6.07, 6.45) is 0. The van der Waals surface area contributed by atoms with Gasteiger partial charge in [0.25, 0.3) is 0 Å². The van der Waals surface area contributed by atoms with Crippen LogP contribution >= 0.6 is 33.2 Å². The summed E-state index contributed by atoms with van der Waals surface area (Å²) in [7, 11) is 4.00. The SMILES string of the molecule is CN(C)c1ccc(C[Si](Cl)(Cl)Cl)cc1. The molecule has 0 aliphatic rings. The predicted molar refractivity (Wildman–Crippen MR) is 67.8 cm³/mol. The third kappa shape index (κ3) is 4.09. The van der Waals surface area contributed by atoms with Crippen molar-refractivity contribution < 1.29 is 0 Å². The van der Waals surface area contributed by atoms with Crippen LogP contribution in [0.15, 0.2) is 24.3 Å². The summed E-state index contributed by atoms with van der Waals surface area (Å²) in [4.78, 5) is 2.04. The van der Waals surface area contributed by atoms with E-state index in [0.29, 0.717) is 6.04 Å². The van der Waals surface area contributed by atoms with Gasteiger partial charge >= 0.3 is 6.00 Å². The average Bonchev–Trinajstić information content (AvgIpc) is 2.02. The molecule has 0 aliphatic heterocycles. The van der Waals surface area contributed by atoms with Crippen LogP contribution in [-0.4, -0.2) is 20.1 Å². The minimum absolute atomic E-state index is 0.575. The molecule has 1 aromatic carbocycles. The first kappa shape index (κ1) is 12.2. The van der Waals surface area contributed by atoms with Crippen molar-refractivity contribution in [1.82, 2.24) is 0 Å². The molecule has 0 saturated carbocycles. The molecule has 0 radical (unpaired) electrons. The van der Waals surface area contributed by atoms with Crippen LogP contribution < -0.4 is 4.90 Å². The summed E-state index contributed by atoms with van der Waals surface area (Å²) >= 11 is 17.5. The molecule has 1 nitrogen and oxygen atoms in total. The van der Waals surface area contributed by atoms with Gasteiger partial charge < -0.3 is 4.90 Å². The molecule has 0 bridgehead atoms. The van der Waals surface area contributed by atoms with Crippen molar-refractivity contribution in [1.29, 1.82) is 0 Å². The van der Waals surface area contributed by atoms with Crippen molar-refractivity contribution in [2.24, 2.45) is 0 Å². The topological polar surface area (TPSA) is 3.24 Å². The molecule has 0 atom stereocenters. The number of rotatable bonds is 3. The summed E-state index contributed by atoms with van der Waals surface area (Å²) in [6.45, 7) is 0. The van der Waals surface area contributed by atoms with E-state index in [0.717, 1.165) is 11.3 Å². The van der Waals surface area contributed by atoms with E-state index in [-0.39, 0.29) is 0 Å². The van der Waals surface area contributed by atoms with Crippen LogP contribution in [0.25, 0.3) is 0 Å². The molecule has 5 heteroatoms. The minimum atomic E-state index is -2.54. The first-order valence-electron chi connectivity index (χ1n) is 4.21. The van der Waals surface area contributed by atoms with Crippen LogP contribution in [0.5, 0.6) is 0 Å². The molecular formula is C9H12Cl3NSi. The van der Waals surface area contributed by atoms with E-state index in [9.17, 15) is 0 Å². The van der Waals surface area contributed by atoms with Crippen LogP contribution in [0.3, 0.4) is 0 Å². The summed E-state index contributed by atoms with van der Waals surface area (Å²) in [5.41, 5.74) is 2.24. The van der Waals surface area contributed by atoms with Gasteiger partial charge in [-0.3, -0.25) is 0 Å². The second kappa shape index (κ2) is 4.75. The number of benzene rings is 1. The van der Waals surface area contributed by atoms with Gasteiger partial charge in [0.15, 0.2) is 0 Å². The van der Waals surface area contributed by atoms with Gasteiger partial charge in [-0.15, -0.1) is 33.2 Å². The van der Waals surface area contributed by atoms with Crippen molar-refractivity contribution in [3.63, 3.8) is 0 Å². The fourth-order valence-corrected chi connectivity index (χ4v) is 3.23. The Bertz CT molecular complexity index is 292. The van der Waals surface area contributed by atoms with Gasteiger partial charge in [0.1, 0.15) is 0 Å². The maximum Gasteiger partial charge on any atom is 0.345 e. The number of nitrogens with zero attached hydrogens (tertiary/aromatic N) is 1. The molecule has 1 aromatic rings. The standard InChI is InChI=1S/C9H12Cl3NSi/c1-13(2)9-5-3-8(4-6-9)7-14(10,11)12/h3-6H,7H2,1-2H3. The Morgan fingerprint density at radius 2 is 1.57 bits per heavy atom. The maximum absolute atomic E-state index is 5.83. The third-order valence-corrected chi connectivity index (χ3v) is 3.87. The zero-order valence-corrected chi connectivity index (χ0v) is 11.4. The molecule has 0 N–H and O–H groups in total. The van der Waals surface area contributed by atoms with Crippen molar-refractivity contribution in [3.8, 4) is 0 Å². The highest BCUT2D eigenvalue weighted by molar-refractivity contribution is 7.64. The smallest absolute Gasteiger partial charge is 0.345 e. The molecule has 0 amide bonds. The van der Waals surface area contributed by atoms with Crippen LogP contribution in [0.4, 0.5) is 5.69 Å². The molecule has 0 unspecified atom stereocenters. The lowest BCUT2D eigenvalue weighted by atomic mass is 10.2. The Morgan fingerprint density at radius 1 is 1.07 bits per heavy atom. The largest absolute Gasteiger partial charge is 0.378 e. The molecule has 0 saturated heterocycles. The van der Waals surface area contributed by atoms with Gasteiger partial charge in [-0.25, -0.2) is 0 Å². The lowest BCUT2D eigenvalue weighted by Crippen LogP contribution is -2.14. The molecule has 0 fully saturated rings. The second-order valence-corrected chi connectivity index (χ2v) is 12.5. The summed E-state index contributed by atoms with van der Waals surface area (Å²) in [5.74, 6) is 0. The van der Waals surface area contributed by atoms with E-state index in [2.05, 4.69) is 0 Å². The highest BCUT2D eigenvalue weighted by Gasteiger charge is 2.25. The maximum atomic E-state index is 5.83. The van der Waals surface area contributed by atoms with Gasteiger partial charge in [-0.05, 0) is 17.7 Å². The van der Waals surface area contributed by atoms with Crippen LogP contribution in [0, 0.1) is 0 Å². The molecule has 14 heavy (non-hydrogen) atoms. The van der Waals surface area contributed by atoms with Gasteiger partial charge in [0.05, 0.1) is 0 Å². The Labute approximate surface area is 99.7 Å². The van der Waals surface area contributed by atoms with Crippen molar-refractivity contribution in [3.05, 3.63) is 29.8 Å². The van der Waals surface area contributed by atoms with E-state index in [1.54, 1.807) is 0 Å². The quantitative estimate of drug-likeness (QED) is 0.599. The lowest BCUT2D eigenvalue weighted by molar-refractivity contribution is 1.13. The van der Waals surface area contributed by atoms with Crippen molar-refractivity contribution in [2.45, 2.75) is 6.04 Å². The fraction of sp³-hybridized carbons (Fsp3) is 0.333. The summed E-state index contributed by atoms with van der Waals surface area (Å²) < 4.78 is 0. The zero-order chi connectivity index (χ0) is 10.8. The number of hydrogen-bond donors (Lipinski definition) is 0. The molecule has 0 aliphatic carbocycles. The minimum Gasteiger partial charge on any atom is -0.378 e. The summed E-state index contributed by atoms with van der Waals surface area (Å²) in [5, 5.41) is 0. The Kier molecular flexibility index (Phi) is 4.13. The van der Waals surface area contributed by atoms with Crippen molar-refractivity contribution >= 4 is 44.9 Å². The first-order valence-corrected chi connectivity index (χ1v) is 9.46. The highest BCUT2D eigenvalue weighted by atomic mass is 35.8. The Morgan fingerprint density at radius 3 is 1.93 bits per heavy atom. The molecule has 1 rings (SSSR count). The van der Waals surface area contributed by atoms with Gasteiger partial charge in [0, 0.05) is 25.8 Å². The molecular weight excluding hydrogens is 257 g/mol. The lowest BCUT2D eigenvalue weighted by Gasteiger charge is -2.13. The van der Waals surface area contributed by atoms with E-state index < -0.39 is 6.00 Å². The fourth-order valence-electron chi connectivity index (χ4n) is 1.14. The van der Waals surface area contributed by atoms with E-state index >= 15 is 0 Å². The molecule has 0 heterocycles. The van der Waals surface area contributed by atoms with Gasteiger partial charge in [0.2, 0.25) is 0 Å². The number of halogens is 3. The second-order valence-electron chi connectivity index (χ2n) is 3.35. The molecule has 0 aromatic heterocycles. The monoisotopic (exact) mass is 267 g/mol. The van der Waals surface area contributed by atoms with Gasteiger partial charge in [-0.1, -0.05) is 12.1 Å². The van der Waals surface area contributed by atoms with E-state index in [1.807, 2.05) is 43.3 Å². The Balaban J connectivity index is 2.74.